The van der Waals surface area contributed by atoms with Gasteiger partial charge in [-0.05, 0) is 25.8 Å². The Bertz CT molecular complexity index is 224. The molecule has 0 N–H and O–H groups in total. The minimum absolute atomic E-state index is 1.10. The molecule has 2 nitrogen and oxygen atoms in total. The van der Waals surface area contributed by atoms with Crippen molar-refractivity contribution in [3.8, 4) is 0 Å². The maximum absolute atomic E-state index is 4.15. The van der Waals surface area contributed by atoms with Crippen LogP contribution >= 0.6 is 0 Å². The van der Waals surface area contributed by atoms with Crippen molar-refractivity contribution in [2.24, 2.45) is 0 Å². The van der Waals surface area contributed by atoms with Gasteiger partial charge in [0, 0.05) is 11.4 Å². The van der Waals surface area contributed by atoms with Crippen LogP contribution in [0.2, 0.25) is 0 Å². The second-order valence-electron chi connectivity index (χ2n) is 2.77. The summed E-state index contributed by atoms with van der Waals surface area (Å²) in [5.74, 6) is 0. The molecule has 2 heteroatoms. The van der Waals surface area contributed by atoms with Crippen LogP contribution in [-0.4, -0.2) is 9.97 Å². The van der Waals surface area contributed by atoms with Crippen LogP contribution in [0, 0.1) is 13.8 Å². The third-order valence-electron chi connectivity index (χ3n) is 1.88. The summed E-state index contributed by atoms with van der Waals surface area (Å²) < 4.78 is 0. The van der Waals surface area contributed by atoms with E-state index >= 15 is 0 Å². The highest BCUT2D eigenvalue weighted by Gasteiger charge is 2.01. The maximum Gasteiger partial charge on any atom is 0.115 e. The second kappa shape index (κ2) is 6.58. The summed E-state index contributed by atoms with van der Waals surface area (Å²) in [7, 11) is 0. The molecule has 74 valence electrons. The summed E-state index contributed by atoms with van der Waals surface area (Å²) in [6.07, 6.45) is 3.89. The fourth-order valence-electron chi connectivity index (χ4n) is 1.23. The molecule has 1 aromatic rings. The van der Waals surface area contributed by atoms with Crippen molar-refractivity contribution in [3.63, 3.8) is 0 Å². The molecule has 0 aliphatic heterocycles. The van der Waals surface area contributed by atoms with E-state index in [0.29, 0.717) is 0 Å². The molecule has 1 rings (SSSR count). The summed E-state index contributed by atoms with van der Waals surface area (Å²) in [5.41, 5.74) is 3.56. The van der Waals surface area contributed by atoms with Crippen LogP contribution in [-0.2, 0) is 6.42 Å². The van der Waals surface area contributed by atoms with Crippen molar-refractivity contribution in [1.29, 1.82) is 0 Å². The van der Waals surface area contributed by atoms with Crippen LogP contribution in [0.4, 0.5) is 0 Å². The van der Waals surface area contributed by atoms with Gasteiger partial charge in [0.2, 0.25) is 0 Å². The molecule has 0 fully saturated rings. The fourth-order valence-corrected chi connectivity index (χ4v) is 1.23. The van der Waals surface area contributed by atoms with Gasteiger partial charge in [0.05, 0.1) is 0 Å². The van der Waals surface area contributed by atoms with E-state index in [2.05, 4.69) is 16.9 Å². The van der Waals surface area contributed by atoms with Crippen LogP contribution in [0.5, 0.6) is 0 Å². The van der Waals surface area contributed by atoms with Crippen molar-refractivity contribution < 1.29 is 0 Å². The lowest BCUT2D eigenvalue weighted by molar-refractivity contribution is 0.864. The van der Waals surface area contributed by atoms with Gasteiger partial charge in [0.25, 0.3) is 0 Å². The molecule has 0 aromatic carbocycles. The normalized spacial score (nSPS) is 9.00. The molecule has 0 unspecified atom stereocenters. The third kappa shape index (κ3) is 3.53. The summed E-state index contributed by atoms with van der Waals surface area (Å²) in [6.45, 7) is 10.3. The monoisotopic (exact) mass is 180 g/mol. The maximum atomic E-state index is 4.15. The van der Waals surface area contributed by atoms with Gasteiger partial charge in [-0.25, -0.2) is 9.97 Å². The molecule has 0 spiro atoms. The number of nitrogens with zero attached hydrogens (tertiary/aromatic N) is 2. The van der Waals surface area contributed by atoms with E-state index in [9.17, 15) is 0 Å². The predicted octanol–water partition coefficient (Wildman–Crippen LogP) is 3.07. The Kier molecular flexibility index (Phi) is 6.11. The minimum Gasteiger partial charge on any atom is -0.241 e. The molecule has 0 radical (unpaired) electrons. The van der Waals surface area contributed by atoms with E-state index in [-0.39, 0.29) is 0 Å². The van der Waals surface area contributed by atoms with Crippen molar-refractivity contribution in [3.05, 3.63) is 23.3 Å². The second-order valence-corrected chi connectivity index (χ2v) is 2.77. The molecule has 13 heavy (non-hydrogen) atoms. The minimum atomic E-state index is 1.10. The Hall–Kier alpha value is -0.920. The van der Waals surface area contributed by atoms with Gasteiger partial charge in [-0.1, -0.05) is 27.2 Å². The summed E-state index contributed by atoms with van der Waals surface area (Å²) >= 11 is 0. The van der Waals surface area contributed by atoms with E-state index < -0.39 is 0 Å². The van der Waals surface area contributed by atoms with Gasteiger partial charge in [0.1, 0.15) is 6.33 Å². The molecular weight excluding hydrogens is 160 g/mol. The Balaban J connectivity index is 0.000000671. The first kappa shape index (κ1) is 12.1. The molecule has 0 saturated carbocycles. The lowest BCUT2D eigenvalue weighted by atomic mass is 10.1. The molecule has 1 heterocycles. The first-order chi connectivity index (χ1) is 6.25. The van der Waals surface area contributed by atoms with Gasteiger partial charge < -0.3 is 0 Å². The van der Waals surface area contributed by atoms with Crippen LogP contribution in [0.15, 0.2) is 6.33 Å². The third-order valence-corrected chi connectivity index (χ3v) is 1.88. The summed E-state index contributed by atoms with van der Waals surface area (Å²) in [6, 6.07) is 0. The van der Waals surface area contributed by atoms with Crippen molar-refractivity contribution >= 4 is 0 Å². The number of hydrogen-bond donors (Lipinski definition) is 0. The lowest BCUT2D eigenvalue weighted by Gasteiger charge is -2.04. The first-order valence-electron chi connectivity index (χ1n) is 5.02. The van der Waals surface area contributed by atoms with E-state index in [1.54, 1.807) is 6.33 Å². The Labute approximate surface area is 81.4 Å². The fraction of sp³-hybridized carbons (Fsp3) is 0.636. The molecule has 0 amide bonds. The number of aromatic nitrogens is 2. The van der Waals surface area contributed by atoms with Crippen LogP contribution in [0.3, 0.4) is 0 Å². The zero-order chi connectivity index (χ0) is 10.3. The Morgan fingerprint density at radius 1 is 1.08 bits per heavy atom. The Morgan fingerprint density at radius 3 is 1.92 bits per heavy atom. The van der Waals surface area contributed by atoms with Gasteiger partial charge in [-0.3, -0.25) is 0 Å². The lowest BCUT2D eigenvalue weighted by Crippen LogP contribution is -1.98. The molecule has 0 saturated heterocycles. The first-order valence-corrected chi connectivity index (χ1v) is 5.02. The van der Waals surface area contributed by atoms with E-state index in [1.165, 1.54) is 5.56 Å². The highest BCUT2D eigenvalue weighted by Crippen LogP contribution is 2.09. The largest absolute Gasteiger partial charge is 0.241 e. The van der Waals surface area contributed by atoms with Crippen molar-refractivity contribution in [2.75, 3.05) is 0 Å². The van der Waals surface area contributed by atoms with Crippen LogP contribution in [0.1, 0.15) is 44.1 Å². The van der Waals surface area contributed by atoms with E-state index in [4.69, 9.17) is 0 Å². The summed E-state index contributed by atoms with van der Waals surface area (Å²) in [4.78, 5) is 8.29. The summed E-state index contributed by atoms with van der Waals surface area (Å²) in [5, 5.41) is 0. The smallest absolute Gasteiger partial charge is 0.115 e. The quantitative estimate of drug-likeness (QED) is 0.699. The van der Waals surface area contributed by atoms with Crippen molar-refractivity contribution in [1.82, 2.24) is 9.97 Å². The predicted molar refractivity (Wildman–Crippen MR) is 56.8 cm³/mol. The van der Waals surface area contributed by atoms with Gasteiger partial charge in [-0.2, -0.15) is 0 Å². The molecule has 1 aromatic heterocycles. The molecular formula is C11H20N2. The molecule has 0 bridgehead atoms. The number of rotatable bonds is 2. The molecule has 0 aliphatic rings. The topological polar surface area (TPSA) is 25.8 Å². The van der Waals surface area contributed by atoms with Crippen LogP contribution in [0.25, 0.3) is 0 Å². The van der Waals surface area contributed by atoms with Gasteiger partial charge >= 0.3 is 0 Å². The zero-order valence-corrected chi connectivity index (χ0v) is 9.39. The highest BCUT2D eigenvalue weighted by molar-refractivity contribution is 5.22. The van der Waals surface area contributed by atoms with Gasteiger partial charge in [-0.15, -0.1) is 0 Å². The standard InChI is InChI=1S/C9H14N2.C2H6/c1-4-5-9-7(2)10-6-11-8(9)3;1-2/h6H,4-5H2,1-3H3;1-2H3. The molecule has 0 atom stereocenters. The zero-order valence-electron chi connectivity index (χ0n) is 9.39. The van der Waals surface area contributed by atoms with E-state index in [1.807, 2.05) is 27.7 Å². The highest BCUT2D eigenvalue weighted by atomic mass is 14.8. The van der Waals surface area contributed by atoms with Crippen molar-refractivity contribution in [2.45, 2.75) is 47.5 Å². The SMILES string of the molecule is CC.CCCc1c(C)ncnc1C. The van der Waals surface area contributed by atoms with E-state index in [0.717, 1.165) is 24.2 Å². The number of aryl methyl sites for hydroxylation is 2. The molecule has 0 aliphatic carbocycles. The van der Waals surface area contributed by atoms with Gasteiger partial charge in [0.15, 0.2) is 0 Å². The average molecular weight is 180 g/mol. The van der Waals surface area contributed by atoms with Crippen LogP contribution < -0.4 is 0 Å². The average Bonchev–Trinajstić information content (AvgIpc) is 2.15. The number of hydrogen-bond acceptors (Lipinski definition) is 2. The Morgan fingerprint density at radius 2 is 1.54 bits per heavy atom.